The normalized spacial score (nSPS) is 24.3. The molecule has 2 aliphatic heterocycles. The summed E-state index contributed by atoms with van der Waals surface area (Å²) in [7, 11) is 0. The van der Waals surface area contributed by atoms with Gasteiger partial charge in [0, 0.05) is 31.4 Å². The van der Waals surface area contributed by atoms with Crippen molar-refractivity contribution in [1.82, 2.24) is 9.88 Å². The molecular weight excluding hydrogens is 176 g/mol. The Bertz CT molecular complexity index is 304. The minimum Gasteiger partial charge on any atom is -0.378 e. The van der Waals surface area contributed by atoms with Crippen LogP contribution in [-0.4, -0.2) is 42.2 Å². The summed E-state index contributed by atoms with van der Waals surface area (Å²) in [5.41, 5.74) is 1.43. The molecule has 0 N–H and O–H groups in total. The van der Waals surface area contributed by atoms with Crippen molar-refractivity contribution in [2.75, 3.05) is 26.3 Å². The summed E-state index contributed by atoms with van der Waals surface area (Å²) in [5.74, 6) is 0.721. The maximum atomic E-state index is 5.18. The zero-order chi connectivity index (χ0) is 9.38. The van der Waals surface area contributed by atoms with Crippen molar-refractivity contribution in [3.8, 4) is 0 Å². The van der Waals surface area contributed by atoms with Crippen molar-refractivity contribution in [2.24, 2.45) is 0 Å². The Balaban J connectivity index is 1.59. The van der Waals surface area contributed by atoms with Crippen molar-refractivity contribution < 1.29 is 4.74 Å². The Kier molecular flexibility index (Phi) is 2.00. The summed E-state index contributed by atoms with van der Waals surface area (Å²) in [4.78, 5) is 6.54. The number of nitrogens with zero attached hydrogens (tertiary/aromatic N) is 2. The molecule has 0 bridgehead atoms. The molecule has 0 aliphatic carbocycles. The Morgan fingerprint density at radius 1 is 1.21 bits per heavy atom. The number of ether oxygens (including phenoxy) is 1. The summed E-state index contributed by atoms with van der Waals surface area (Å²) in [5, 5.41) is 0. The Morgan fingerprint density at radius 3 is 2.50 bits per heavy atom. The van der Waals surface area contributed by atoms with Gasteiger partial charge in [-0.2, -0.15) is 0 Å². The van der Waals surface area contributed by atoms with Crippen LogP contribution in [0, 0.1) is 0 Å². The fourth-order valence-electron chi connectivity index (χ4n) is 2.09. The standard InChI is InChI=1S/C11H14N2O/c1-3-12-4-2-9(1)10-5-13(6-10)11-7-14-8-11/h1-4,10-11H,5-8H2. The average molecular weight is 190 g/mol. The van der Waals surface area contributed by atoms with Gasteiger partial charge in [0.05, 0.1) is 19.3 Å². The van der Waals surface area contributed by atoms with E-state index >= 15 is 0 Å². The Labute approximate surface area is 83.7 Å². The van der Waals surface area contributed by atoms with Crippen molar-refractivity contribution in [1.29, 1.82) is 0 Å². The highest BCUT2D eigenvalue weighted by Gasteiger charge is 2.36. The van der Waals surface area contributed by atoms with Crippen LogP contribution in [0.4, 0.5) is 0 Å². The number of pyridine rings is 1. The molecule has 14 heavy (non-hydrogen) atoms. The molecule has 2 saturated heterocycles. The second-order valence-electron chi connectivity index (χ2n) is 4.12. The third-order valence-electron chi connectivity index (χ3n) is 3.22. The second-order valence-corrected chi connectivity index (χ2v) is 4.12. The van der Waals surface area contributed by atoms with Crippen molar-refractivity contribution in [3.05, 3.63) is 30.1 Å². The minimum absolute atomic E-state index is 0.702. The zero-order valence-corrected chi connectivity index (χ0v) is 8.10. The average Bonchev–Trinajstić information content (AvgIpc) is 2.09. The molecule has 0 radical (unpaired) electrons. The number of hydrogen-bond donors (Lipinski definition) is 0. The molecule has 0 aromatic carbocycles. The van der Waals surface area contributed by atoms with Crippen LogP contribution < -0.4 is 0 Å². The molecule has 3 heterocycles. The van der Waals surface area contributed by atoms with Gasteiger partial charge in [-0.1, -0.05) is 0 Å². The van der Waals surface area contributed by atoms with E-state index in [4.69, 9.17) is 4.74 Å². The quantitative estimate of drug-likeness (QED) is 0.692. The Morgan fingerprint density at radius 2 is 1.93 bits per heavy atom. The van der Waals surface area contributed by atoms with Gasteiger partial charge in [-0.05, 0) is 17.7 Å². The van der Waals surface area contributed by atoms with Crippen molar-refractivity contribution >= 4 is 0 Å². The van der Waals surface area contributed by atoms with E-state index in [9.17, 15) is 0 Å². The molecule has 0 spiro atoms. The van der Waals surface area contributed by atoms with Crippen LogP contribution in [0.3, 0.4) is 0 Å². The van der Waals surface area contributed by atoms with Gasteiger partial charge >= 0.3 is 0 Å². The van der Waals surface area contributed by atoms with Crippen LogP contribution in [-0.2, 0) is 4.74 Å². The number of hydrogen-bond acceptors (Lipinski definition) is 3. The van der Waals surface area contributed by atoms with Gasteiger partial charge in [-0.3, -0.25) is 9.88 Å². The van der Waals surface area contributed by atoms with Gasteiger partial charge in [-0.15, -0.1) is 0 Å². The second kappa shape index (κ2) is 3.33. The van der Waals surface area contributed by atoms with Gasteiger partial charge in [0.2, 0.25) is 0 Å². The first kappa shape index (κ1) is 8.38. The SMILES string of the molecule is c1cc(C2CN(C3COC3)C2)ccn1. The van der Waals surface area contributed by atoms with Gasteiger partial charge in [-0.25, -0.2) is 0 Å². The number of likely N-dealkylation sites (tertiary alicyclic amines) is 1. The van der Waals surface area contributed by atoms with Crippen LogP contribution in [0.25, 0.3) is 0 Å². The van der Waals surface area contributed by atoms with Crippen LogP contribution >= 0.6 is 0 Å². The predicted molar refractivity (Wildman–Crippen MR) is 53.2 cm³/mol. The molecule has 0 amide bonds. The molecular formula is C11H14N2O. The van der Waals surface area contributed by atoms with Crippen LogP contribution in [0.2, 0.25) is 0 Å². The molecule has 1 aromatic rings. The summed E-state index contributed by atoms with van der Waals surface area (Å²) < 4.78 is 5.18. The van der Waals surface area contributed by atoms with E-state index in [1.807, 2.05) is 12.4 Å². The first-order valence-corrected chi connectivity index (χ1v) is 5.15. The van der Waals surface area contributed by atoms with E-state index in [2.05, 4.69) is 22.0 Å². The van der Waals surface area contributed by atoms with Crippen LogP contribution in [0.15, 0.2) is 24.5 Å². The molecule has 0 unspecified atom stereocenters. The van der Waals surface area contributed by atoms with Crippen molar-refractivity contribution in [3.63, 3.8) is 0 Å². The first-order chi connectivity index (χ1) is 6.93. The summed E-state index contributed by atoms with van der Waals surface area (Å²) in [6, 6.07) is 4.95. The molecule has 0 saturated carbocycles. The maximum Gasteiger partial charge on any atom is 0.0645 e. The molecule has 3 heteroatoms. The third-order valence-corrected chi connectivity index (χ3v) is 3.22. The van der Waals surface area contributed by atoms with E-state index < -0.39 is 0 Å². The molecule has 0 atom stereocenters. The maximum absolute atomic E-state index is 5.18. The molecule has 1 aromatic heterocycles. The monoisotopic (exact) mass is 190 g/mol. The van der Waals surface area contributed by atoms with E-state index in [-0.39, 0.29) is 0 Å². The zero-order valence-electron chi connectivity index (χ0n) is 8.10. The highest BCUT2D eigenvalue weighted by atomic mass is 16.5. The molecule has 3 nitrogen and oxygen atoms in total. The predicted octanol–water partition coefficient (Wildman–Crippen LogP) is 0.880. The van der Waals surface area contributed by atoms with Gasteiger partial charge in [0.25, 0.3) is 0 Å². The van der Waals surface area contributed by atoms with Crippen molar-refractivity contribution in [2.45, 2.75) is 12.0 Å². The van der Waals surface area contributed by atoms with Gasteiger partial charge < -0.3 is 4.74 Å². The molecule has 74 valence electrons. The van der Waals surface area contributed by atoms with E-state index in [1.165, 1.54) is 18.7 Å². The lowest BCUT2D eigenvalue weighted by Crippen LogP contribution is -2.58. The highest BCUT2D eigenvalue weighted by Crippen LogP contribution is 2.29. The third kappa shape index (κ3) is 1.33. The minimum atomic E-state index is 0.702. The van der Waals surface area contributed by atoms with E-state index in [0.717, 1.165) is 19.1 Å². The molecule has 2 fully saturated rings. The van der Waals surface area contributed by atoms with E-state index in [0.29, 0.717) is 6.04 Å². The highest BCUT2D eigenvalue weighted by molar-refractivity contribution is 5.20. The summed E-state index contributed by atoms with van der Waals surface area (Å²) in [6.45, 7) is 4.25. The topological polar surface area (TPSA) is 25.4 Å². The smallest absolute Gasteiger partial charge is 0.0645 e. The fraction of sp³-hybridized carbons (Fsp3) is 0.545. The van der Waals surface area contributed by atoms with Gasteiger partial charge in [0.15, 0.2) is 0 Å². The number of rotatable bonds is 2. The van der Waals surface area contributed by atoms with Crippen LogP contribution in [0.1, 0.15) is 11.5 Å². The first-order valence-electron chi connectivity index (χ1n) is 5.15. The lowest BCUT2D eigenvalue weighted by molar-refractivity contribution is -0.0906. The largest absolute Gasteiger partial charge is 0.378 e. The molecule has 2 aliphatic rings. The molecule has 3 rings (SSSR count). The fourth-order valence-corrected chi connectivity index (χ4v) is 2.09. The summed E-state index contributed by atoms with van der Waals surface area (Å²) in [6.07, 6.45) is 3.76. The summed E-state index contributed by atoms with van der Waals surface area (Å²) >= 11 is 0. The van der Waals surface area contributed by atoms with Crippen LogP contribution in [0.5, 0.6) is 0 Å². The Hall–Kier alpha value is -0.930. The lowest BCUT2D eigenvalue weighted by Gasteiger charge is -2.47. The van der Waals surface area contributed by atoms with Gasteiger partial charge in [0.1, 0.15) is 0 Å². The lowest BCUT2D eigenvalue weighted by atomic mass is 9.90. The number of aromatic nitrogens is 1. The van der Waals surface area contributed by atoms with E-state index in [1.54, 1.807) is 0 Å².